The van der Waals surface area contributed by atoms with E-state index in [4.69, 9.17) is 9.15 Å². The van der Waals surface area contributed by atoms with E-state index in [1.54, 1.807) is 49.4 Å². The van der Waals surface area contributed by atoms with E-state index in [9.17, 15) is 14.7 Å². The van der Waals surface area contributed by atoms with Crippen molar-refractivity contribution in [3.05, 3.63) is 71.7 Å². The molecular formula is C24H28N2O5. The summed E-state index contributed by atoms with van der Waals surface area (Å²) in [5.74, 6) is 0.145. The summed E-state index contributed by atoms with van der Waals surface area (Å²) in [6.07, 6.45) is 2.32. The number of ether oxygens (including phenoxy) is 1. The van der Waals surface area contributed by atoms with Crippen LogP contribution in [0.15, 0.2) is 59.0 Å². The fourth-order valence-electron chi connectivity index (χ4n) is 3.58. The number of likely N-dealkylation sites (tertiary alicyclic amines) is 1. The van der Waals surface area contributed by atoms with Crippen LogP contribution in [0.2, 0.25) is 0 Å². The fraction of sp³-hybridized carbons (Fsp3) is 0.333. The lowest BCUT2D eigenvalue weighted by Gasteiger charge is -2.24. The zero-order chi connectivity index (χ0) is 22.5. The summed E-state index contributed by atoms with van der Waals surface area (Å²) in [7, 11) is 3.90. The predicted octanol–water partition coefficient (Wildman–Crippen LogP) is 3.53. The van der Waals surface area contributed by atoms with Gasteiger partial charge < -0.3 is 24.1 Å². The van der Waals surface area contributed by atoms with Crippen LogP contribution < -0.4 is 4.74 Å². The van der Waals surface area contributed by atoms with Crippen molar-refractivity contribution < 1.29 is 23.8 Å². The molecular weight excluding hydrogens is 396 g/mol. The van der Waals surface area contributed by atoms with Crippen LogP contribution in [0.1, 0.15) is 29.5 Å². The maximum absolute atomic E-state index is 12.9. The second-order valence-electron chi connectivity index (χ2n) is 7.72. The van der Waals surface area contributed by atoms with Gasteiger partial charge in [-0.1, -0.05) is 12.7 Å². The molecule has 1 aromatic heterocycles. The summed E-state index contributed by atoms with van der Waals surface area (Å²) < 4.78 is 11.2. The zero-order valence-corrected chi connectivity index (χ0v) is 18.1. The number of Topliss-reactive ketones (excluding diaryl/α,β-unsaturated/α-hetero) is 1. The molecule has 1 aromatic carbocycles. The lowest BCUT2D eigenvalue weighted by molar-refractivity contribution is -0.140. The number of ketones is 1. The summed E-state index contributed by atoms with van der Waals surface area (Å²) in [6.45, 7) is 6.90. The molecule has 1 aliphatic heterocycles. The lowest BCUT2D eigenvalue weighted by atomic mass is 9.99. The highest BCUT2D eigenvalue weighted by atomic mass is 16.5. The molecule has 7 nitrogen and oxygen atoms in total. The molecule has 1 aliphatic rings. The molecule has 0 unspecified atom stereocenters. The maximum Gasteiger partial charge on any atom is 0.295 e. The number of nitrogens with zero attached hydrogens (tertiary/aromatic N) is 2. The van der Waals surface area contributed by atoms with Crippen LogP contribution in [-0.4, -0.2) is 60.4 Å². The Kier molecular flexibility index (Phi) is 6.97. The lowest BCUT2D eigenvalue weighted by Crippen LogP contribution is -2.32. The number of hydrogen-bond donors (Lipinski definition) is 1. The summed E-state index contributed by atoms with van der Waals surface area (Å²) in [5.41, 5.74) is 0.453. The van der Waals surface area contributed by atoms with Gasteiger partial charge in [0.1, 0.15) is 35.7 Å². The predicted molar refractivity (Wildman–Crippen MR) is 118 cm³/mol. The van der Waals surface area contributed by atoms with E-state index < -0.39 is 17.7 Å². The Morgan fingerprint density at radius 2 is 1.94 bits per heavy atom. The van der Waals surface area contributed by atoms with Gasteiger partial charge in [0.25, 0.3) is 11.7 Å². The van der Waals surface area contributed by atoms with Gasteiger partial charge in [-0.2, -0.15) is 0 Å². The van der Waals surface area contributed by atoms with Crippen LogP contribution in [-0.2, 0) is 9.59 Å². The van der Waals surface area contributed by atoms with Crippen LogP contribution in [0.3, 0.4) is 0 Å². The van der Waals surface area contributed by atoms with E-state index in [2.05, 4.69) is 6.58 Å². The number of hydrogen-bond acceptors (Lipinski definition) is 6. The Hall–Kier alpha value is -3.32. The molecule has 0 spiro atoms. The molecule has 2 aromatic rings. The van der Waals surface area contributed by atoms with Crippen LogP contribution in [0.25, 0.3) is 5.76 Å². The molecule has 1 fully saturated rings. The number of benzene rings is 1. The molecule has 3 rings (SSSR count). The summed E-state index contributed by atoms with van der Waals surface area (Å²) >= 11 is 0. The van der Waals surface area contributed by atoms with Gasteiger partial charge in [-0.05, 0) is 70.4 Å². The van der Waals surface area contributed by atoms with E-state index in [-0.39, 0.29) is 11.3 Å². The Labute approximate surface area is 182 Å². The highest BCUT2D eigenvalue weighted by Crippen LogP contribution is 2.40. The first-order valence-electron chi connectivity index (χ1n) is 10.2. The van der Waals surface area contributed by atoms with Crippen molar-refractivity contribution in [2.45, 2.75) is 19.4 Å². The van der Waals surface area contributed by atoms with Crippen molar-refractivity contribution >= 4 is 17.4 Å². The Morgan fingerprint density at radius 3 is 2.52 bits per heavy atom. The molecule has 164 valence electrons. The standard InChI is InChI=1S/C24H28N2O5/c1-5-15-30-18-10-8-17(9-11-18)22(27)20-21(19-12-7-16(2)31-19)26(24(29)23(20)28)14-6-13-25(3)4/h5,7-12,21,27H,1,6,13-15H2,2-4H3/t21-/m0/s1. The van der Waals surface area contributed by atoms with Crippen molar-refractivity contribution in [2.75, 3.05) is 33.8 Å². The van der Waals surface area contributed by atoms with Gasteiger partial charge in [-0.3, -0.25) is 9.59 Å². The minimum atomic E-state index is -0.771. The fourth-order valence-corrected chi connectivity index (χ4v) is 3.58. The van der Waals surface area contributed by atoms with Crippen molar-refractivity contribution in [3.8, 4) is 5.75 Å². The molecule has 31 heavy (non-hydrogen) atoms. The minimum absolute atomic E-state index is 0.0314. The topological polar surface area (TPSA) is 83.2 Å². The highest BCUT2D eigenvalue weighted by molar-refractivity contribution is 6.46. The van der Waals surface area contributed by atoms with E-state index in [1.807, 2.05) is 19.0 Å². The molecule has 0 aliphatic carbocycles. The van der Waals surface area contributed by atoms with Crippen LogP contribution in [0.5, 0.6) is 5.75 Å². The molecule has 1 atom stereocenters. The smallest absolute Gasteiger partial charge is 0.295 e. The molecule has 7 heteroatoms. The number of carbonyl (C=O) groups is 2. The summed E-state index contributed by atoms with van der Waals surface area (Å²) in [5, 5.41) is 11.0. The normalized spacial score (nSPS) is 18.1. The Bertz CT molecular complexity index is 988. The van der Waals surface area contributed by atoms with Crippen molar-refractivity contribution in [1.29, 1.82) is 0 Å². The van der Waals surface area contributed by atoms with Gasteiger partial charge in [0.2, 0.25) is 0 Å². The number of furan rings is 1. The number of aryl methyl sites for hydroxylation is 1. The van der Waals surface area contributed by atoms with Gasteiger partial charge in [0, 0.05) is 12.1 Å². The van der Waals surface area contributed by atoms with E-state index in [0.717, 1.165) is 6.54 Å². The molecule has 0 saturated carbocycles. The minimum Gasteiger partial charge on any atom is -0.507 e. The quantitative estimate of drug-likeness (QED) is 0.287. The number of rotatable bonds is 9. The van der Waals surface area contributed by atoms with Crippen LogP contribution in [0, 0.1) is 6.92 Å². The number of amides is 1. The maximum atomic E-state index is 12.9. The first kappa shape index (κ1) is 22.4. The Morgan fingerprint density at radius 1 is 1.23 bits per heavy atom. The van der Waals surface area contributed by atoms with Gasteiger partial charge in [-0.15, -0.1) is 0 Å². The SMILES string of the molecule is C=CCOc1ccc(C(O)=C2C(=O)C(=O)N(CCCN(C)C)[C@H]2c2ccc(C)o2)cc1. The molecule has 0 radical (unpaired) electrons. The third kappa shape index (κ3) is 4.88. The molecule has 1 amide bonds. The molecule has 2 heterocycles. The molecule has 1 N–H and O–H groups in total. The zero-order valence-electron chi connectivity index (χ0n) is 18.1. The number of aliphatic hydroxyl groups is 1. The van der Waals surface area contributed by atoms with E-state index in [0.29, 0.717) is 42.4 Å². The monoisotopic (exact) mass is 424 g/mol. The van der Waals surface area contributed by atoms with Gasteiger partial charge in [0.05, 0.1) is 5.57 Å². The second kappa shape index (κ2) is 9.66. The van der Waals surface area contributed by atoms with Crippen molar-refractivity contribution in [1.82, 2.24) is 9.80 Å². The third-order valence-corrected chi connectivity index (χ3v) is 5.07. The van der Waals surface area contributed by atoms with Crippen molar-refractivity contribution in [3.63, 3.8) is 0 Å². The van der Waals surface area contributed by atoms with Gasteiger partial charge in [-0.25, -0.2) is 0 Å². The Balaban J connectivity index is 1.99. The molecule has 0 bridgehead atoms. The number of aliphatic hydroxyl groups excluding tert-OH is 1. The first-order chi connectivity index (χ1) is 14.8. The first-order valence-corrected chi connectivity index (χ1v) is 10.2. The van der Waals surface area contributed by atoms with Crippen LogP contribution in [0.4, 0.5) is 0 Å². The van der Waals surface area contributed by atoms with E-state index >= 15 is 0 Å². The summed E-state index contributed by atoms with van der Waals surface area (Å²) in [4.78, 5) is 29.3. The largest absolute Gasteiger partial charge is 0.507 e. The second-order valence-corrected chi connectivity index (χ2v) is 7.72. The average molecular weight is 424 g/mol. The number of carbonyl (C=O) groups excluding carboxylic acids is 2. The van der Waals surface area contributed by atoms with E-state index in [1.165, 1.54) is 4.90 Å². The average Bonchev–Trinajstić information content (AvgIpc) is 3.28. The summed E-state index contributed by atoms with van der Waals surface area (Å²) in [6, 6.07) is 9.43. The third-order valence-electron chi connectivity index (χ3n) is 5.07. The van der Waals surface area contributed by atoms with Crippen LogP contribution >= 0.6 is 0 Å². The van der Waals surface area contributed by atoms with Gasteiger partial charge in [0.15, 0.2) is 0 Å². The highest BCUT2D eigenvalue weighted by Gasteiger charge is 2.47. The van der Waals surface area contributed by atoms with Gasteiger partial charge >= 0.3 is 0 Å². The molecule has 1 saturated heterocycles. The van der Waals surface area contributed by atoms with Crippen molar-refractivity contribution in [2.24, 2.45) is 0 Å².